The topological polar surface area (TPSA) is 46.9 Å². The van der Waals surface area contributed by atoms with Crippen molar-refractivity contribution in [3.05, 3.63) is 16.4 Å². The summed E-state index contributed by atoms with van der Waals surface area (Å²) in [4.78, 5) is 12.4. The van der Waals surface area contributed by atoms with Crippen molar-refractivity contribution in [2.24, 2.45) is 18.9 Å². The average Bonchev–Trinajstić information content (AvgIpc) is 2.59. The van der Waals surface area contributed by atoms with E-state index in [9.17, 15) is 4.79 Å². The first-order valence-electron chi connectivity index (χ1n) is 6.91. The van der Waals surface area contributed by atoms with Gasteiger partial charge in [0.05, 0.1) is 10.7 Å². The van der Waals surface area contributed by atoms with Gasteiger partial charge in [-0.25, -0.2) is 0 Å². The van der Waals surface area contributed by atoms with Gasteiger partial charge in [-0.05, 0) is 25.2 Å². The molecule has 0 spiro atoms. The Morgan fingerprint density at radius 1 is 1.42 bits per heavy atom. The Kier molecular flexibility index (Phi) is 4.19. The number of rotatable bonds is 2. The Morgan fingerprint density at radius 3 is 2.68 bits per heavy atom. The number of hydrogen-bond donors (Lipinski definition) is 1. The second-order valence-electron chi connectivity index (χ2n) is 5.72. The number of aromatic nitrogens is 2. The van der Waals surface area contributed by atoms with Gasteiger partial charge in [-0.3, -0.25) is 9.48 Å². The first kappa shape index (κ1) is 14.4. The minimum absolute atomic E-state index is 0.112. The monoisotopic (exact) mass is 283 g/mol. The standard InChI is InChI=1S/C14H22ClN3O/c1-8-6-5-7-11(9(8)2)16-14(19)13-12(15)10(3)17-18(13)4/h8-9,11H,5-7H2,1-4H3,(H,16,19). The zero-order chi connectivity index (χ0) is 14.2. The van der Waals surface area contributed by atoms with E-state index in [1.807, 2.05) is 6.92 Å². The molecule has 2 rings (SSSR count). The van der Waals surface area contributed by atoms with Crippen LogP contribution >= 0.6 is 11.6 Å². The lowest BCUT2D eigenvalue weighted by Crippen LogP contribution is -2.44. The highest BCUT2D eigenvalue weighted by molar-refractivity contribution is 6.34. The van der Waals surface area contributed by atoms with Crippen LogP contribution < -0.4 is 5.32 Å². The van der Waals surface area contributed by atoms with Crippen molar-refractivity contribution in [2.75, 3.05) is 0 Å². The van der Waals surface area contributed by atoms with Crippen molar-refractivity contribution < 1.29 is 4.79 Å². The molecule has 0 aliphatic heterocycles. The first-order chi connectivity index (χ1) is 8.91. The van der Waals surface area contributed by atoms with Crippen LogP contribution in [0.4, 0.5) is 0 Å². The summed E-state index contributed by atoms with van der Waals surface area (Å²) >= 11 is 6.15. The molecule has 1 amide bonds. The lowest BCUT2D eigenvalue weighted by Gasteiger charge is -2.34. The number of aryl methyl sites for hydroxylation is 2. The highest BCUT2D eigenvalue weighted by Gasteiger charge is 2.29. The summed E-state index contributed by atoms with van der Waals surface area (Å²) in [6, 6.07) is 0.238. The van der Waals surface area contributed by atoms with Gasteiger partial charge in [0.1, 0.15) is 5.69 Å². The third kappa shape index (κ3) is 2.78. The number of hydrogen-bond acceptors (Lipinski definition) is 2. The predicted octanol–water partition coefficient (Wildman–Crippen LogP) is 2.94. The van der Waals surface area contributed by atoms with Crippen LogP contribution in [0.3, 0.4) is 0 Å². The van der Waals surface area contributed by atoms with E-state index in [1.165, 1.54) is 12.8 Å². The molecule has 1 aromatic rings. The molecular formula is C14H22ClN3O. The van der Waals surface area contributed by atoms with Gasteiger partial charge >= 0.3 is 0 Å². The number of halogens is 1. The molecule has 0 radical (unpaired) electrons. The third-order valence-electron chi connectivity index (χ3n) is 4.39. The van der Waals surface area contributed by atoms with Gasteiger partial charge < -0.3 is 5.32 Å². The molecule has 1 heterocycles. The zero-order valence-corrected chi connectivity index (χ0v) is 12.8. The Hall–Kier alpha value is -1.03. The normalized spacial score (nSPS) is 27.3. The zero-order valence-electron chi connectivity index (χ0n) is 12.0. The van der Waals surface area contributed by atoms with Crippen molar-refractivity contribution in [1.82, 2.24) is 15.1 Å². The van der Waals surface area contributed by atoms with Crippen molar-refractivity contribution in [2.45, 2.75) is 46.1 Å². The molecule has 19 heavy (non-hydrogen) atoms. The maximum atomic E-state index is 12.4. The molecule has 1 fully saturated rings. The molecule has 106 valence electrons. The number of carbonyl (C=O) groups excluding carboxylic acids is 1. The molecule has 4 nitrogen and oxygen atoms in total. The van der Waals surface area contributed by atoms with Crippen LogP contribution in [0.1, 0.15) is 49.3 Å². The first-order valence-corrected chi connectivity index (χ1v) is 7.29. The van der Waals surface area contributed by atoms with Crippen LogP contribution in [0.25, 0.3) is 0 Å². The Labute approximate surface area is 119 Å². The summed E-state index contributed by atoms with van der Waals surface area (Å²) in [5.41, 5.74) is 1.16. The van der Waals surface area contributed by atoms with Crippen LogP contribution in [-0.2, 0) is 7.05 Å². The Bertz CT molecular complexity index is 483. The van der Waals surface area contributed by atoms with Gasteiger partial charge in [0.15, 0.2) is 0 Å². The summed E-state index contributed by atoms with van der Waals surface area (Å²) in [6.45, 7) is 6.28. The SMILES string of the molecule is Cc1nn(C)c(C(=O)NC2CCCC(C)C2C)c1Cl. The molecule has 1 aliphatic rings. The average molecular weight is 284 g/mol. The number of amides is 1. The highest BCUT2D eigenvalue weighted by atomic mass is 35.5. The second-order valence-corrected chi connectivity index (χ2v) is 6.10. The maximum Gasteiger partial charge on any atom is 0.271 e. The van der Waals surface area contributed by atoms with Gasteiger partial charge in [0, 0.05) is 13.1 Å². The van der Waals surface area contributed by atoms with Crippen LogP contribution in [0.2, 0.25) is 5.02 Å². The van der Waals surface area contributed by atoms with Crippen molar-refractivity contribution in [1.29, 1.82) is 0 Å². The van der Waals surface area contributed by atoms with Gasteiger partial charge in [0.25, 0.3) is 5.91 Å². The molecule has 1 N–H and O–H groups in total. The number of carbonyl (C=O) groups is 1. The van der Waals surface area contributed by atoms with Gasteiger partial charge in [-0.2, -0.15) is 5.10 Å². The highest BCUT2D eigenvalue weighted by Crippen LogP contribution is 2.30. The van der Waals surface area contributed by atoms with E-state index in [0.717, 1.165) is 6.42 Å². The van der Waals surface area contributed by atoms with Crippen molar-refractivity contribution in [3.8, 4) is 0 Å². The summed E-state index contributed by atoms with van der Waals surface area (Å²) in [7, 11) is 1.75. The van der Waals surface area contributed by atoms with E-state index in [-0.39, 0.29) is 11.9 Å². The van der Waals surface area contributed by atoms with Crippen LogP contribution in [0, 0.1) is 18.8 Å². The van der Waals surface area contributed by atoms with E-state index in [0.29, 0.717) is 28.2 Å². The van der Waals surface area contributed by atoms with E-state index in [4.69, 9.17) is 11.6 Å². The predicted molar refractivity (Wildman–Crippen MR) is 76.4 cm³/mol. The van der Waals surface area contributed by atoms with Crippen LogP contribution in [-0.4, -0.2) is 21.7 Å². The molecule has 0 saturated heterocycles. The van der Waals surface area contributed by atoms with E-state index in [2.05, 4.69) is 24.3 Å². The molecule has 3 unspecified atom stereocenters. The molecule has 1 aromatic heterocycles. The quantitative estimate of drug-likeness (QED) is 0.907. The molecule has 1 aliphatic carbocycles. The molecule has 5 heteroatoms. The molecule has 0 bridgehead atoms. The van der Waals surface area contributed by atoms with E-state index < -0.39 is 0 Å². The van der Waals surface area contributed by atoms with E-state index in [1.54, 1.807) is 11.7 Å². The fourth-order valence-corrected chi connectivity index (χ4v) is 3.15. The lowest BCUT2D eigenvalue weighted by molar-refractivity contribution is 0.0881. The summed E-state index contributed by atoms with van der Waals surface area (Å²) < 4.78 is 1.56. The minimum Gasteiger partial charge on any atom is -0.348 e. The summed E-state index contributed by atoms with van der Waals surface area (Å²) in [5, 5.41) is 7.76. The fourth-order valence-electron chi connectivity index (χ4n) is 2.90. The number of nitrogens with zero attached hydrogens (tertiary/aromatic N) is 2. The minimum atomic E-state index is -0.112. The van der Waals surface area contributed by atoms with Gasteiger partial charge in [0.2, 0.25) is 0 Å². The molecular weight excluding hydrogens is 262 g/mol. The third-order valence-corrected chi connectivity index (χ3v) is 4.84. The van der Waals surface area contributed by atoms with Crippen molar-refractivity contribution >= 4 is 17.5 Å². The van der Waals surface area contributed by atoms with Gasteiger partial charge in [-0.15, -0.1) is 0 Å². The lowest BCUT2D eigenvalue weighted by atomic mass is 9.78. The largest absolute Gasteiger partial charge is 0.348 e. The Morgan fingerprint density at radius 2 is 2.11 bits per heavy atom. The molecule has 0 aromatic carbocycles. The van der Waals surface area contributed by atoms with Crippen LogP contribution in [0.15, 0.2) is 0 Å². The van der Waals surface area contributed by atoms with E-state index >= 15 is 0 Å². The summed E-state index contributed by atoms with van der Waals surface area (Å²) in [6.07, 6.45) is 3.47. The smallest absolute Gasteiger partial charge is 0.271 e. The van der Waals surface area contributed by atoms with Gasteiger partial charge in [-0.1, -0.05) is 38.3 Å². The Balaban J connectivity index is 2.12. The maximum absolute atomic E-state index is 12.4. The molecule has 1 saturated carbocycles. The van der Waals surface area contributed by atoms with Crippen LogP contribution in [0.5, 0.6) is 0 Å². The molecule has 3 atom stereocenters. The fraction of sp³-hybridized carbons (Fsp3) is 0.714. The summed E-state index contributed by atoms with van der Waals surface area (Å²) in [5.74, 6) is 1.05. The number of nitrogens with one attached hydrogen (secondary N) is 1. The second kappa shape index (κ2) is 5.53. The van der Waals surface area contributed by atoms with Crippen molar-refractivity contribution in [3.63, 3.8) is 0 Å².